The number of hydrogen-bond donors (Lipinski definition) is 2. The molecule has 2 amide bonds. The predicted octanol–water partition coefficient (Wildman–Crippen LogP) is 2.41. The second-order valence-corrected chi connectivity index (χ2v) is 6.81. The standard InChI is InChI=1S/C17H14F2N2O4S/c18-9-4-8(5-10(19)6-9)17(24)25-7-13(22)21-16-14(15(20)23)11-2-1-3-12(11)26-16/h4-6H,1-3,7H2,(H2,20,23)(H,21,22). The van der Waals surface area contributed by atoms with Crippen molar-refractivity contribution in [1.82, 2.24) is 0 Å². The van der Waals surface area contributed by atoms with Crippen molar-refractivity contribution in [3.63, 3.8) is 0 Å². The number of thiophene rings is 1. The summed E-state index contributed by atoms with van der Waals surface area (Å²) < 4.78 is 31.0. The highest BCUT2D eigenvalue weighted by atomic mass is 32.1. The lowest BCUT2D eigenvalue weighted by Gasteiger charge is -2.07. The number of ether oxygens (including phenoxy) is 1. The van der Waals surface area contributed by atoms with E-state index in [0.29, 0.717) is 11.1 Å². The summed E-state index contributed by atoms with van der Waals surface area (Å²) in [7, 11) is 0. The van der Waals surface area contributed by atoms with Gasteiger partial charge in [-0.3, -0.25) is 9.59 Å². The first-order valence-electron chi connectivity index (χ1n) is 7.72. The van der Waals surface area contributed by atoms with Gasteiger partial charge in [0.1, 0.15) is 16.6 Å². The van der Waals surface area contributed by atoms with Gasteiger partial charge in [-0.05, 0) is 37.0 Å². The van der Waals surface area contributed by atoms with Gasteiger partial charge in [0.15, 0.2) is 6.61 Å². The molecule has 136 valence electrons. The molecule has 0 aliphatic heterocycles. The van der Waals surface area contributed by atoms with E-state index in [1.165, 1.54) is 11.3 Å². The number of anilines is 1. The van der Waals surface area contributed by atoms with Crippen molar-refractivity contribution in [3.05, 3.63) is 51.4 Å². The van der Waals surface area contributed by atoms with Crippen molar-refractivity contribution in [2.45, 2.75) is 19.3 Å². The average molecular weight is 380 g/mol. The van der Waals surface area contributed by atoms with Gasteiger partial charge < -0.3 is 15.8 Å². The molecule has 0 saturated heterocycles. The maximum atomic E-state index is 13.1. The summed E-state index contributed by atoms with van der Waals surface area (Å²) in [6.45, 7) is -0.669. The molecule has 3 N–H and O–H groups in total. The highest BCUT2D eigenvalue weighted by Gasteiger charge is 2.26. The number of halogens is 2. The maximum Gasteiger partial charge on any atom is 0.338 e. The van der Waals surface area contributed by atoms with Gasteiger partial charge >= 0.3 is 5.97 Å². The van der Waals surface area contributed by atoms with E-state index in [9.17, 15) is 23.2 Å². The van der Waals surface area contributed by atoms with E-state index in [-0.39, 0.29) is 11.1 Å². The van der Waals surface area contributed by atoms with Crippen LogP contribution in [0.5, 0.6) is 0 Å². The summed E-state index contributed by atoms with van der Waals surface area (Å²) in [6.07, 6.45) is 2.47. The molecule has 0 saturated carbocycles. The molecule has 1 aliphatic rings. The Bertz CT molecular complexity index is 890. The Labute approximate surface area is 150 Å². The number of esters is 1. The van der Waals surface area contributed by atoms with Crippen molar-refractivity contribution in [1.29, 1.82) is 0 Å². The molecule has 0 unspecified atom stereocenters. The lowest BCUT2D eigenvalue weighted by atomic mass is 10.1. The minimum Gasteiger partial charge on any atom is -0.452 e. The summed E-state index contributed by atoms with van der Waals surface area (Å²) in [6, 6.07) is 2.22. The minimum atomic E-state index is -1.04. The highest BCUT2D eigenvalue weighted by molar-refractivity contribution is 7.17. The van der Waals surface area contributed by atoms with Gasteiger partial charge in [0.05, 0.1) is 11.1 Å². The summed E-state index contributed by atoms with van der Waals surface area (Å²) in [5, 5.41) is 2.82. The lowest BCUT2D eigenvalue weighted by Crippen LogP contribution is -2.22. The highest BCUT2D eigenvalue weighted by Crippen LogP contribution is 2.38. The second-order valence-electron chi connectivity index (χ2n) is 5.71. The number of rotatable bonds is 5. The third-order valence-electron chi connectivity index (χ3n) is 3.85. The molecule has 1 heterocycles. The van der Waals surface area contributed by atoms with E-state index in [4.69, 9.17) is 10.5 Å². The van der Waals surface area contributed by atoms with Gasteiger partial charge in [-0.15, -0.1) is 11.3 Å². The van der Waals surface area contributed by atoms with Gasteiger partial charge in [-0.25, -0.2) is 13.6 Å². The Morgan fingerprint density at radius 2 is 1.85 bits per heavy atom. The fraction of sp³-hybridized carbons (Fsp3) is 0.235. The van der Waals surface area contributed by atoms with Crippen LogP contribution in [-0.4, -0.2) is 24.4 Å². The van der Waals surface area contributed by atoms with Crippen molar-refractivity contribution >= 4 is 34.1 Å². The van der Waals surface area contributed by atoms with E-state index in [1.807, 2.05) is 0 Å². The van der Waals surface area contributed by atoms with Crippen molar-refractivity contribution in [2.24, 2.45) is 5.73 Å². The number of benzene rings is 1. The van der Waals surface area contributed by atoms with Crippen LogP contribution in [0.3, 0.4) is 0 Å². The molecule has 26 heavy (non-hydrogen) atoms. The minimum absolute atomic E-state index is 0.286. The van der Waals surface area contributed by atoms with Crippen LogP contribution in [0, 0.1) is 11.6 Å². The average Bonchev–Trinajstić information content (AvgIpc) is 3.11. The molecule has 1 aromatic heterocycles. The van der Waals surface area contributed by atoms with E-state index >= 15 is 0 Å². The molecule has 0 spiro atoms. The molecule has 9 heteroatoms. The van der Waals surface area contributed by atoms with Crippen LogP contribution in [0.15, 0.2) is 18.2 Å². The first kappa shape index (κ1) is 18.0. The first-order chi connectivity index (χ1) is 12.3. The van der Waals surface area contributed by atoms with Crippen LogP contribution < -0.4 is 11.1 Å². The van der Waals surface area contributed by atoms with Gasteiger partial charge in [-0.1, -0.05) is 0 Å². The topological polar surface area (TPSA) is 98.5 Å². The summed E-state index contributed by atoms with van der Waals surface area (Å²) >= 11 is 1.27. The summed E-state index contributed by atoms with van der Waals surface area (Å²) in [5.74, 6) is -4.21. The van der Waals surface area contributed by atoms with Gasteiger partial charge in [0.2, 0.25) is 0 Å². The van der Waals surface area contributed by atoms with E-state index < -0.39 is 36.0 Å². The monoisotopic (exact) mass is 380 g/mol. The second kappa shape index (κ2) is 7.20. The van der Waals surface area contributed by atoms with E-state index in [1.54, 1.807) is 0 Å². The van der Waals surface area contributed by atoms with Gasteiger partial charge in [-0.2, -0.15) is 0 Å². The molecule has 0 bridgehead atoms. The normalized spacial score (nSPS) is 12.5. The zero-order valence-corrected chi connectivity index (χ0v) is 14.3. The molecule has 1 aliphatic carbocycles. The number of fused-ring (bicyclic) bond motifs is 1. The zero-order valence-electron chi connectivity index (χ0n) is 13.4. The number of amides is 2. The first-order valence-corrected chi connectivity index (χ1v) is 8.54. The molecule has 1 aromatic carbocycles. The molecular formula is C17H14F2N2O4S. The number of nitrogens with one attached hydrogen (secondary N) is 1. The van der Waals surface area contributed by atoms with E-state index in [2.05, 4.69) is 5.32 Å². The molecule has 2 aromatic rings. The predicted molar refractivity (Wildman–Crippen MR) is 90.1 cm³/mol. The summed E-state index contributed by atoms with van der Waals surface area (Å²) in [5.41, 5.74) is 6.19. The SMILES string of the molecule is NC(=O)c1c(NC(=O)COC(=O)c2cc(F)cc(F)c2)sc2c1CCC2. The Morgan fingerprint density at radius 3 is 2.50 bits per heavy atom. The molecule has 0 atom stereocenters. The lowest BCUT2D eigenvalue weighted by molar-refractivity contribution is -0.119. The Hall–Kier alpha value is -2.81. The number of carbonyl (C=O) groups excluding carboxylic acids is 3. The fourth-order valence-electron chi connectivity index (χ4n) is 2.80. The largest absolute Gasteiger partial charge is 0.452 e. The Morgan fingerprint density at radius 1 is 1.15 bits per heavy atom. The third kappa shape index (κ3) is 3.72. The van der Waals surface area contributed by atoms with Gasteiger partial charge in [0, 0.05) is 10.9 Å². The van der Waals surface area contributed by atoms with Crippen LogP contribution in [0.1, 0.15) is 37.6 Å². The number of carbonyl (C=O) groups is 3. The Balaban J connectivity index is 1.65. The van der Waals surface area contributed by atoms with Crippen molar-refractivity contribution in [2.75, 3.05) is 11.9 Å². The van der Waals surface area contributed by atoms with Gasteiger partial charge in [0.25, 0.3) is 11.8 Å². The van der Waals surface area contributed by atoms with Crippen molar-refractivity contribution in [3.8, 4) is 0 Å². The number of hydrogen-bond acceptors (Lipinski definition) is 5. The molecule has 3 rings (SSSR count). The quantitative estimate of drug-likeness (QED) is 0.778. The van der Waals surface area contributed by atoms with Crippen LogP contribution in [-0.2, 0) is 22.4 Å². The number of aryl methyl sites for hydroxylation is 1. The van der Waals surface area contributed by atoms with Crippen LogP contribution in [0.25, 0.3) is 0 Å². The van der Waals surface area contributed by atoms with Crippen LogP contribution in [0.2, 0.25) is 0 Å². The third-order valence-corrected chi connectivity index (χ3v) is 5.06. The van der Waals surface area contributed by atoms with E-state index in [0.717, 1.165) is 41.8 Å². The van der Waals surface area contributed by atoms with Crippen LogP contribution >= 0.6 is 11.3 Å². The Kier molecular flexibility index (Phi) is 4.99. The number of primary amides is 1. The van der Waals surface area contributed by atoms with Crippen molar-refractivity contribution < 1.29 is 27.9 Å². The maximum absolute atomic E-state index is 13.1. The summed E-state index contributed by atoms with van der Waals surface area (Å²) in [4.78, 5) is 36.5. The molecule has 0 fully saturated rings. The zero-order chi connectivity index (χ0) is 18.8. The number of nitrogens with two attached hydrogens (primary N) is 1. The molecule has 0 radical (unpaired) electrons. The smallest absolute Gasteiger partial charge is 0.338 e. The molecular weight excluding hydrogens is 366 g/mol. The van der Waals surface area contributed by atoms with Crippen LogP contribution in [0.4, 0.5) is 13.8 Å². The molecule has 6 nitrogen and oxygen atoms in total. The fourth-order valence-corrected chi connectivity index (χ4v) is 4.11.